The summed E-state index contributed by atoms with van der Waals surface area (Å²) in [7, 11) is 0. The van der Waals surface area contributed by atoms with Crippen molar-refractivity contribution in [1.29, 1.82) is 0 Å². The van der Waals surface area contributed by atoms with Crippen LogP contribution in [-0.2, 0) is 0 Å². The Labute approximate surface area is 94.8 Å². The number of carboxylic acid groups (broad SMARTS) is 1. The molecule has 5 nitrogen and oxygen atoms in total. The van der Waals surface area contributed by atoms with Crippen LogP contribution < -0.4 is 10.3 Å². The Kier molecular flexibility index (Phi) is 3.58. The van der Waals surface area contributed by atoms with Crippen molar-refractivity contribution >= 4 is 5.97 Å². The van der Waals surface area contributed by atoms with Gasteiger partial charge in [-0.25, -0.2) is 13.6 Å². The van der Waals surface area contributed by atoms with Gasteiger partial charge in [-0.05, 0) is 0 Å². The first-order valence-electron chi connectivity index (χ1n) is 4.16. The van der Waals surface area contributed by atoms with Crippen LogP contribution in [0.25, 0.3) is 0 Å². The van der Waals surface area contributed by atoms with Crippen LogP contribution in [0.15, 0.2) is 10.9 Å². The molecule has 0 fully saturated rings. The van der Waals surface area contributed by atoms with Gasteiger partial charge < -0.3 is 9.84 Å². The summed E-state index contributed by atoms with van der Waals surface area (Å²) in [5, 5.41) is 8.50. The van der Waals surface area contributed by atoms with Crippen LogP contribution in [0, 0.1) is 0 Å². The number of hydrogen-bond donors (Lipinski definition) is 2. The lowest BCUT2D eigenvalue weighted by Crippen LogP contribution is -2.24. The van der Waals surface area contributed by atoms with Crippen molar-refractivity contribution < 1.29 is 36.6 Å². The molecule has 0 bridgehead atoms. The molecule has 0 atom stereocenters. The Balaban J connectivity index is 3.37. The molecule has 0 saturated carbocycles. The van der Waals surface area contributed by atoms with Crippen LogP contribution in [0.1, 0.15) is 22.3 Å². The Bertz CT molecular complexity index is 521. The summed E-state index contributed by atoms with van der Waals surface area (Å²) in [6.07, 6.45) is -8.64. The van der Waals surface area contributed by atoms with E-state index >= 15 is 0 Å². The maximum atomic E-state index is 12.4. The standard InChI is InChI=1S/C8H4F5NO4/c9-5(10)2-1-3(18-8(11,12)13)14-6(15)4(2)7(16)17/h1,5H,(H,14,15)(H,16,17). The van der Waals surface area contributed by atoms with Gasteiger partial charge in [0, 0.05) is 11.6 Å². The Morgan fingerprint density at radius 3 is 2.33 bits per heavy atom. The fraction of sp³-hybridized carbons (Fsp3) is 0.250. The van der Waals surface area contributed by atoms with Gasteiger partial charge in [0.1, 0.15) is 5.56 Å². The van der Waals surface area contributed by atoms with Gasteiger partial charge in [-0.2, -0.15) is 0 Å². The van der Waals surface area contributed by atoms with E-state index in [1.165, 1.54) is 4.98 Å². The second-order valence-corrected chi connectivity index (χ2v) is 2.95. The van der Waals surface area contributed by atoms with Crippen LogP contribution in [0.2, 0.25) is 0 Å². The number of rotatable bonds is 3. The van der Waals surface area contributed by atoms with Crippen molar-refractivity contribution in [3.8, 4) is 5.88 Å². The second-order valence-electron chi connectivity index (χ2n) is 2.95. The molecule has 18 heavy (non-hydrogen) atoms. The zero-order valence-electron chi connectivity index (χ0n) is 8.22. The molecule has 0 aromatic carbocycles. The van der Waals surface area contributed by atoms with Crippen LogP contribution in [0.5, 0.6) is 5.88 Å². The Morgan fingerprint density at radius 1 is 1.39 bits per heavy atom. The van der Waals surface area contributed by atoms with Crippen LogP contribution in [0.3, 0.4) is 0 Å². The highest BCUT2D eigenvalue weighted by atomic mass is 19.4. The van der Waals surface area contributed by atoms with Gasteiger partial charge in [0.15, 0.2) is 0 Å². The number of aromatic nitrogens is 1. The Morgan fingerprint density at radius 2 is 1.94 bits per heavy atom. The molecule has 0 aliphatic rings. The Hall–Kier alpha value is -2.13. The maximum Gasteiger partial charge on any atom is 0.574 e. The van der Waals surface area contributed by atoms with E-state index in [0.717, 1.165) is 0 Å². The van der Waals surface area contributed by atoms with E-state index in [0.29, 0.717) is 0 Å². The molecular formula is C8H4F5NO4. The molecule has 1 aromatic rings. The number of aromatic amines is 1. The molecule has 100 valence electrons. The third kappa shape index (κ3) is 3.18. The zero-order valence-corrected chi connectivity index (χ0v) is 8.22. The van der Waals surface area contributed by atoms with Crippen molar-refractivity contribution in [2.45, 2.75) is 12.8 Å². The highest BCUT2D eigenvalue weighted by Crippen LogP contribution is 2.26. The van der Waals surface area contributed by atoms with Crippen molar-refractivity contribution in [2.24, 2.45) is 0 Å². The van der Waals surface area contributed by atoms with Gasteiger partial charge in [-0.1, -0.05) is 0 Å². The molecule has 10 heteroatoms. The number of pyridine rings is 1. The molecular weight excluding hydrogens is 269 g/mol. The average Bonchev–Trinajstić information content (AvgIpc) is 2.12. The maximum absolute atomic E-state index is 12.4. The lowest BCUT2D eigenvalue weighted by atomic mass is 10.1. The number of nitrogens with one attached hydrogen (secondary N) is 1. The number of hydrogen-bond acceptors (Lipinski definition) is 3. The van der Waals surface area contributed by atoms with Crippen LogP contribution in [0.4, 0.5) is 22.0 Å². The molecule has 1 aromatic heterocycles. The molecule has 0 amide bonds. The summed E-state index contributed by atoms with van der Waals surface area (Å²) >= 11 is 0. The quantitative estimate of drug-likeness (QED) is 0.824. The molecule has 0 spiro atoms. The monoisotopic (exact) mass is 273 g/mol. The van der Waals surface area contributed by atoms with E-state index in [1.807, 2.05) is 0 Å². The highest BCUT2D eigenvalue weighted by molar-refractivity contribution is 5.89. The van der Waals surface area contributed by atoms with E-state index in [1.54, 1.807) is 0 Å². The molecule has 0 aliphatic heterocycles. The first-order valence-corrected chi connectivity index (χ1v) is 4.16. The van der Waals surface area contributed by atoms with Gasteiger partial charge in [-0.15, -0.1) is 13.2 Å². The summed E-state index contributed by atoms with van der Waals surface area (Å²) in [5.74, 6) is -3.29. The number of carbonyl (C=O) groups is 1. The molecule has 1 heterocycles. The summed E-state index contributed by atoms with van der Waals surface area (Å²) in [6.45, 7) is 0. The first kappa shape index (κ1) is 13.9. The minimum Gasteiger partial charge on any atom is -0.477 e. The summed E-state index contributed by atoms with van der Waals surface area (Å²) in [4.78, 5) is 23.0. The van der Waals surface area contributed by atoms with Crippen LogP contribution in [-0.4, -0.2) is 22.4 Å². The lowest BCUT2D eigenvalue weighted by molar-refractivity contribution is -0.276. The SMILES string of the molecule is O=C(O)c1c(C(F)F)cc(OC(F)(F)F)[nH]c1=O. The normalized spacial score (nSPS) is 11.7. The number of ether oxygens (including phenoxy) is 1. The predicted octanol–water partition coefficient (Wildman–Crippen LogP) is 1.91. The van der Waals surface area contributed by atoms with E-state index in [4.69, 9.17) is 5.11 Å². The lowest BCUT2D eigenvalue weighted by Gasteiger charge is -2.10. The van der Waals surface area contributed by atoms with Gasteiger partial charge in [0.25, 0.3) is 12.0 Å². The minimum absolute atomic E-state index is 0.114. The second kappa shape index (κ2) is 4.63. The number of alkyl halides is 5. The fourth-order valence-corrected chi connectivity index (χ4v) is 1.13. The van der Waals surface area contributed by atoms with Crippen molar-refractivity contribution in [3.63, 3.8) is 0 Å². The first-order chi connectivity index (χ1) is 8.11. The number of H-pyrrole nitrogens is 1. The van der Waals surface area contributed by atoms with E-state index in [-0.39, 0.29) is 6.07 Å². The number of carboxylic acids is 1. The van der Waals surface area contributed by atoms with Crippen molar-refractivity contribution in [2.75, 3.05) is 0 Å². The van der Waals surface area contributed by atoms with E-state index < -0.39 is 41.3 Å². The average molecular weight is 273 g/mol. The number of halogens is 5. The summed E-state index contributed by atoms with van der Waals surface area (Å²) < 4.78 is 63.5. The molecule has 0 saturated heterocycles. The van der Waals surface area contributed by atoms with Gasteiger partial charge in [0.2, 0.25) is 5.88 Å². The summed E-state index contributed by atoms with van der Waals surface area (Å²) in [6, 6.07) is 0.114. The smallest absolute Gasteiger partial charge is 0.477 e. The largest absolute Gasteiger partial charge is 0.574 e. The number of aromatic carboxylic acids is 1. The van der Waals surface area contributed by atoms with E-state index in [9.17, 15) is 31.5 Å². The molecule has 2 N–H and O–H groups in total. The van der Waals surface area contributed by atoms with Gasteiger partial charge in [-0.3, -0.25) is 9.78 Å². The summed E-state index contributed by atoms with van der Waals surface area (Å²) in [5.41, 5.74) is -4.30. The van der Waals surface area contributed by atoms with E-state index in [2.05, 4.69) is 4.74 Å². The fourth-order valence-electron chi connectivity index (χ4n) is 1.13. The van der Waals surface area contributed by atoms with Crippen LogP contribution >= 0.6 is 0 Å². The third-order valence-corrected chi connectivity index (χ3v) is 1.71. The minimum atomic E-state index is -5.20. The third-order valence-electron chi connectivity index (χ3n) is 1.71. The molecule has 0 unspecified atom stereocenters. The highest BCUT2D eigenvalue weighted by Gasteiger charge is 2.33. The topological polar surface area (TPSA) is 79.4 Å². The van der Waals surface area contributed by atoms with Gasteiger partial charge >= 0.3 is 12.3 Å². The zero-order chi connectivity index (χ0) is 14.1. The van der Waals surface area contributed by atoms with Crippen molar-refractivity contribution in [3.05, 3.63) is 27.5 Å². The van der Waals surface area contributed by atoms with Crippen molar-refractivity contribution in [1.82, 2.24) is 4.98 Å². The predicted molar refractivity (Wildman–Crippen MR) is 45.7 cm³/mol. The molecule has 0 aliphatic carbocycles. The molecule has 1 rings (SSSR count). The molecule has 0 radical (unpaired) electrons. The van der Waals surface area contributed by atoms with Gasteiger partial charge in [0.05, 0.1) is 0 Å².